The zero-order valence-corrected chi connectivity index (χ0v) is 16.6. The normalized spacial score (nSPS) is 13.0. The zero-order valence-electron chi connectivity index (χ0n) is 15.9. The van der Waals surface area contributed by atoms with Crippen LogP contribution in [0.1, 0.15) is 59.1 Å². The molecule has 0 saturated heterocycles. The van der Waals surface area contributed by atoms with Crippen LogP contribution in [-0.2, 0) is 4.74 Å². The van der Waals surface area contributed by atoms with Crippen molar-refractivity contribution in [3.63, 3.8) is 0 Å². The van der Waals surface area contributed by atoms with E-state index in [1.165, 1.54) is 0 Å². The molecule has 0 heterocycles. The Kier molecular flexibility index (Phi) is 8.66. The molecule has 25 heavy (non-hydrogen) atoms. The van der Waals surface area contributed by atoms with Gasteiger partial charge in [0.05, 0.1) is 5.02 Å². The standard InChI is InChI=1S/C19H30ClFN2O2/c1-6-12-23(13-11-22-18(24)25-19(3,4)5)16(7-2)14-9-8-10-15(20)17(14)21/h8-10,16H,6-7,11-13H2,1-5H3,(H,22,24). The molecule has 1 rings (SSSR count). The van der Waals surface area contributed by atoms with E-state index in [0.717, 1.165) is 19.4 Å². The predicted molar refractivity (Wildman–Crippen MR) is 101 cm³/mol. The molecule has 142 valence electrons. The maximum atomic E-state index is 14.4. The van der Waals surface area contributed by atoms with Crippen LogP contribution in [0.25, 0.3) is 0 Å². The fourth-order valence-corrected chi connectivity index (χ4v) is 2.96. The van der Waals surface area contributed by atoms with Gasteiger partial charge >= 0.3 is 6.09 Å². The Morgan fingerprint density at radius 1 is 1.32 bits per heavy atom. The Hall–Kier alpha value is -1.33. The van der Waals surface area contributed by atoms with Gasteiger partial charge in [0.2, 0.25) is 0 Å². The zero-order chi connectivity index (χ0) is 19.0. The molecule has 1 unspecified atom stereocenters. The Morgan fingerprint density at radius 2 is 2.00 bits per heavy atom. The molecule has 1 amide bonds. The number of amides is 1. The summed E-state index contributed by atoms with van der Waals surface area (Å²) in [4.78, 5) is 13.9. The van der Waals surface area contributed by atoms with Crippen molar-refractivity contribution < 1.29 is 13.9 Å². The maximum absolute atomic E-state index is 14.4. The van der Waals surface area contributed by atoms with Crippen LogP contribution in [0.5, 0.6) is 0 Å². The van der Waals surface area contributed by atoms with E-state index in [2.05, 4.69) is 17.1 Å². The molecule has 0 aliphatic heterocycles. The lowest BCUT2D eigenvalue weighted by Gasteiger charge is -2.31. The van der Waals surface area contributed by atoms with E-state index in [4.69, 9.17) is 16.3 Å². The quantitative estimate of drug-likeness (QED) is 0.684. The molecule has 4 nitrogen and oxygen atoms in total. The lowest BCUT2D eigenvalue weighted by Crippen LogP contribution is -2.39. The molecular formula is C19H30ClFN2O2. The van der Waals surface area contributed by atoms with E-state index >= 15 is 0 Å². The van der Waals surface area contributed by atoms with E-state index in [1.54, 1.807) is 18.2 Å². The van der Waals surface area contributed by atoms with E-state index in [1.807, 2.05) is 27.7 Å². The number of nitrogens with zero attached hydrogens (tertiary/aromatic N) is 1. The van der Waals surface area contributed by atoms with Crippen molar-refractivity contribution >= 4 is 17.7 Å². The minimum absolute atomic E-state index is 0.0842. The molecule has 0 aliphatic rings. The maximum Gasteiger partial charge on any atom is 0.407 e. The fraction of sp³-hybridized carbons (Fsp3) is 0.632. The Morgan fingerprint density at radius 3 is 2.56 bits per heavy atom. The number of benzene rings is 1. The molecule has 0 aliphatic carbocycles. The van der Waals surface area contributed by atoms with Gasteiger partial charge in [-0.1, -0.05) is 37.6 Å². The van der Waals surface area contributed by atoms with Crippen LogP contribution in [0, 0.1) is 5.82 Å². The summed E-state index contributed by atoms with van der Waals surface area (Å²) in [5.74, 6) is -0.364. The molecule has 0 aromatic heterocycles. The number of alkyl carbamates (subject to hydrolysis) is 1. The third-order valence-electron chi connectivity index (χ3n) is 3.75. The minimum atomic E-state index is -0.525. The summed E-state index contributed by atoms with van der Waals surface area (Å²) in [5.41, 5.74) is 0.0731. The number of hydrogen-bond donors (Lipinski definition) is 1. The van der Waals surface area contributed by atoms with Crippen LogP contribution in [0.4, 0.5) is 9.18 Å². The van der Waals surface area contributed by atoms with Gasteiger partial charge in [-0.25, -0.2) is 9.18 Å². The van der Waals surface area contributed by atoms with E-state index < -0.39 is 11.7 Å². The number of carbonyl (C=O) groups excluding carboxylic acids is 1. The number of rotatable bonds is 8. The second-order valence-electron chi connectivity index (χ2n) is 7.03. The van der Waals surface area contributed by atoms with Gasteiger partial charge in [0.15, 0.2) is 0 Å². The number of halogens is 2. The lowest BCUT2D eigenvalue weighted by atomic mass is 10.0. The average Bonchev–Trinajstić information content (AvgIpc) is 2.50. The molecule has 0 saturated carbocycles. The molecule has 0 bridgehead atoms. The Balaban J connectivity index is 2.76. The van der Waals surface area contributed by atoms with Crippen LogP contribution >= 0.6 is 11.6 Å². The van der Waals surface area contributed by atoms with Gasteiger partial charge in [0, 0.05) is 24.7 Å². The van der Waals surface area contributed by atoms with Gasteiger partial charge in [-0.05, 0) is 46.2 Å². The van der Waals surface area contributed by atoms with Crippen molar-refractivity contribution in [2.24, 2.45) is 0 Å². The van der Waals surface area contributed by atoms with Gasteiger partial charge in [0.1, 0.15) is 11.4 Å². The number of nitrogens with one attached hydrogen (secondary N) is 1. The van der Waals surface area contributed by atoms with Crippen LogP contribution in [0.3, 0.4) is 0 Å². The monoisotopic (exact) mass is 372 g/mol. The average molecular weight is 373 g/mol. The topological polar surface area (TPSA) is 41.6 Å². The number of hydrogen-bond acceptors (Lipinski definition) is 3. The third-order valence-corrected chi connectivity index (χ3v) is 4.04. The van der Waals surface area contributed by atoms with Gasteiger partial charge in [-0.15, -0.1) is 0 Å². The highest BCUT2D eigenvalue weighted by Gasteiger charge is 2.23. The summed E-state index contributed by atoms with van der Waals surface area (Å²) in [7, 11) is 0. The second kappa shape index (κ2) is 9.97. The largest absolute Gasteiger partial charge is 0.444 e. The highest BCUT2D eigenvalue weighted by molar-refractivity contribution is 6.30. The second-order valence-corrected chi connectivity index (χ2v) is 7.44. The number of ether oxygens (including phenoxy) is 1. The summed E-state index contributed by atoms with van der Waals surface area (Å²) < 4.78 is 19.7. The first-order valence-electron chi connectivity index (χ1n) is 8.84. The summed E-state index contributed by atoms with van der Waals surface area (Å²) in [5, 5.41) is 2.90. The first-order valence-corrected chi connectivity index (χ1v) is 9.22. The van der Waals surface area contributed by atoms with Crippen molar-refractivity contribution in [1.82, 2.24) is 10.2 Å². The first-order chi connectivity index (χ1) is 11.7. The fourth-order valence-electron chi connectivity index (χ4n) is 2.78. The highest BCUT2D eigenvalue weighted by atomic mass is 35.5. The molecule has 1 aromatic rings. The van der Waals surface area contributed by atoms with E-state index in [-0.39, 0.29) is 16.9 Å². The van der Waals surface area contributed by atoms with Crippen LogP contribution in [0.2, 0.25) is 5.02 Å². The Bertz CT molecular complexity index is 561. The molecule has 1 N–H and O–H groups in total. The van der Waals surface area contributed by atoms with Gasteiger partial charge < -0.3 is 10.1 Å². The van der Waals surface area contributed by atoms with E-state index in [9.17, 15) is 9.18 Å². The summed E-state index contributed by atoms with van der Waals surface area (Å²) in [6.07, 6.45) is 1.25. The third kappa shape index (κ3) is 7.20. The first kappa shape index (κ1) is 21.7. The molecule has 0 spiro atoms. The van der Waals surface area contributed by atoms with Gasteiger partial charge in [0.25, 0.3) is 0 Å². The van der Waals surface area contributed by atoms with Crippen LogP contribution in [-0.4, -0.2) is 36.2 Å². The lowest BCUT2D eigenvalue weighted by molar-refractivity contribution is 0.0517. The summed E-state index contributed by atoms with van der Waals surface area (Å²) in [6, 6.07) is 5.02. The van der Waals surface area contributed by atoms with Crippen molar-refractivity contribution in [2.45, 2.75) is 59.1 Å². The summed E-state index contributed by atoms with van der Waals surface area (Å²) in [6.45, 7) is 11.4. The number of carbonyl (C=O) groups is 1. The molecule has 1 atom stereocenters. The van der Waals surface area contributed by atoms with Gasteiger partial charge in [-0.2, -0.15) is 0 Å². The van der Waals surface area contributed by atoms with Crippen LogP contribution in [0.15, 0.2) is 18.2 Å². The smallest absolute Gasteiger partial charge is 0.407 e. The van der Waals surface area contributed by atoms with Gasteiger partial charge in [-0.3, -0.25) is 4.90 Å². The van der Waals surface area contributed by atoms with Crippen LogP contribution < -0.4 is 5.32 Å². The molecule has 6 heteroatoms. The molecular weight excluding hydrogens is 343 g/mol. The summed E-state index contributed by atoms with van der Waals surface area (Å²) >= 11 is 5.94. The predicted octanol–water partition coefficient (Wildman–Crippen LogP) is 5.17. The highest BCUT2D eigenvalue weighted by Crippen LogP contribution is 2.29. The Labute approximate surface area is 155 Å². The molecule has 0 radical (unpaired) electrons. The minimum Gasteiger partial charge on any atom is -0.444 e. The van der Waals surface area contributed by atoms with E-state index in [0.29, 0.717) is 18.7 Å². The van der Waals surface area contributed by atoms with Crippen molar-refractivity contribution in [1.29, 1.82) is 0 Å². The molecule has 1 aromatic carbocycles. The van der Waals surface area contributed by atoms with Crippen molar-refractivity contribution in [3.8, 4) is 0 Å². The molecule has 0 fully saturated rings. The SMILES string of the molecule is CCCN(CCNC(=O)OC(C)(C)C)C(CC)c1cccc(Cl)c1F. The van der Waals surface area contributed by atoms with Crippen molar-refractivity contribution in [2.75, 3.05) is 19.6 Å². The van der Waals surface area contributed by atoms with Crippen molar-refractivity contribution in [3.05, 3.63) is 34.6 Å².